The molecule has 0 spiro atoms. The van der Waals surface area contributed by atoms with Crippen LogP contribution in [0.2, 0.25) is 0 Å². The standard InChI is InChI=1S/C17H17N5O2/c1-24-16-8-3-2-5-13(16)9-10-18-17(23)14-6-4-7-15(11-14)22-12-19-20-21-22/h2-8,11-12H,9-10H2,1H3,(H,18,23). The second-order valence-corrected chi connectivity index (χ2v) is 5.12. The molecule has 7 nitrogen and oxygen atoms in total. The molecule has 122 valence electrons. The van der Waals surface area contributed by atoms with E-state index < -0.39 is 0 Å². The molecule has 0 saturated heterocycles. The molecule has 3 aromatic rings. The van der Waals surface area contributed by atoms with Crippen LogP contribution in [0.4, 0.5) is 0 Å². The van der Waals surface area contributed by atoms with Gasteiger partial charge in [0.1, 0.15) is 12.1 Å². The Hall–Kier alpha value is -3.22. The van der Waals surface area contributed by atoms with Crippen LogP contribution < -0.4 is 10.1 Å². The van der Waals surface area contributed by atoms with Crippen molar-refractivity contribution in [3.05, 3.63) is 66.0 Å². The van der Waals surface area contributed by atoms with Crippen molar-refractivity contribution in [2.75, 3.05) is 13.7 Å². The molecular formula is C17H17N5O2. The smallest absolute Gasteiger partial charge is 0.251 e. The number of carbonyl (C=O) groups excluding carboxylic acids is 1. The van der Waals surface area contributed by atoms with Crippen molar-refractivity contribution in [1.29, 1.82) is 0 Å². The Balaban J connectivity index is 1.62. The third-order valence-corrected chi connectivity index (χ3v) is 3.59. The van der Waals surface area contributed by atoms with Gasteiger partial charge in [0.05, 0.1) is 12.8 Å². The van der Waals surface area contributed by atoms with E-state index >= 15 is 0 Å². The number of hydrogen-bond acceptors (Lipinski definition) is 5. The number of amides is 1. The van der Waals surface area contributed by atoms with E-state index in [9.17, 15) is 4.79 Å². The number of hydrogen-bond donors (Lipinski definition) is 1. The van der Waals surface area contributed by atoms with Gasteiger partial charge in [-0.2, -0.15) is 0 Å². The molecule has 7 heteroatoms. The molecule has 0 aliphatic carbocycles. The van der Waals surface area contributed by atoms with Crippen molar-refractivity contribution in [2.45, 2.75) is 6.42 Å². The third-order valence-electron chi connectivity index (χ3n) is 3.59. The van der Waals surface area contributed by atoms with Crippen LogP contribution in [-0.4, -0.2) is 39.8 Å². The highest BCUT2D eigenvalue weighted by Crippen LogP contribution is 2.17. The van der Waals surface area contributed by atoms with Gasteiger partial charge in [-0.05, 0) is 46.7 Å². The van der Waals surface area contributed by atoms with Gasteiger partial charge in [-0.3, -0.25) is 4.79 Å². The van der Waals surface area contributed by atoms with E-state index in [-0.39, 0.29) is 5.91 Å². The average molecular weight is 323 g/mol. The molecule has 1 amide bonds. The zero-order valence-electron chi connectivity index (χ0n) is 13.2. The van der Waals surface area contributed by atoms with E-state index in [4.69, 9.17) is 4.74 Å². The summed E-state index contributed by atoms with van der Waals surface area (Å²) in [4.78, 5) is 12.3. The number of nitrogens with zero attached hydrogens (tertiary/aromatic N) is 4. The van der Waals surface area contributed by atoms with Crippen LogP contribution in [0.15, 0.2) is 54.9 Å². The Kier molecular flexibility index (Phi) is 4.81. The Morgan fingerprint density at radius 3 is 2.88 bits per heavy atom. The summed E-state index contributed by atoms with van der Waals surface area (Å²) in [6.45, 7) is 0.522. The summed E-state index contributed by atoms with van der Waals surface area (Å²) in [5, 5.41) is 13.9. The van der Waals surface area contributed by atoms with Crippen LogP contribution in [0, 0.1) is 0 Å². The number of nitrogens with one attached hydrogen (secondary N) is 1. The Morgan fingerprint density at radius 2 is 2.08 bits per heavy atom. The van der Waals surface area contributed by atoms with E-state index in [1.54, 1.807) is 25.3 Å². The normalized spacial score (nSPS) is 10.4. The lowest BCUT2D eigenvalue weighted by atomic mass is 10.1. The van der Waals surface area contributed by atoms with Crippen molar-refractivity contribution in [3.63, 3.8) is 0 Å². The maximum absolute atomic E-state index is 12.3. The molecule has 1 aromatic heterocycles. The summed E-state index contributed by atoms with van der Waals surface area (Å²) in [5.74, 6) is 0.687. The fourth-order valence-electron chi connectivity index (χ4n) is 2.39. The van der Waals surface area contributed by atoms with Crippen LogP contribution >= 0.6 is 0 Å². The second kappa shape index (κ2) is 7.36. The van der Waals surface area contributed by atoms with Crippen LogP contribution in [0.5, 0.6) is 5.75 Å². The van der Waals surface area contributed by atoms with Gasteiger partial charge in [0.2, 0.25) is 0 Å². The number of tetrazole rings is 1. The topological polar surface area (TPSA) is 81.9 Å². The molecule has 0 aliphatic heterocycles. The van der Waals surface area contributed by atoms with Gasteiger partial charge < -0.3 is 10.1 Å². The first-order valence-corrected chi connectivity index (χ1v) is 7.51. The maximum Gasteiger partial charge on any atom is 0.251 e. The molecule has 0 radical (unpaired) electrons. The number of aromatic nitrogens is 4. The zero-order valence-corrected chi connectivity index (χ0v) is 13.2. The minimum atomic E-state index is -0.139. The molecule has 0 aliphatic rings. The largest absolute Gasteiger partial charge is 0.496 e. The first-order chi connectivity index (χ1) is 11.8. The molecule has 2 aromatic carbocycles. The van der Waals surface area contributed by atoms with Gasteiger partial charge in [0.15, 0.2) is 0 Å². The first kappa shape index (κ1) is 15.7. The number of carbonyl (C=O) groups is 1. The third kappa shape index (κ3) is 3.57. The van der Waals surface area contributed by atoms with Crippen LogP contribution in [0.25, 0.3) is 5.69 Å². The van der Waals surface area contributed by atoms with Gasteiger partial charge in [-0.1, -0.05) is 24.3 Å². The highest BCUT2D eigenvalue weighted by atomic mass is 16.5. The first-order valence-electron chi connectivity index (χ1n) is 7.51. The molecule has 0 atom stereocenters. The fourth-order valence-corrected chi connectivity index (χ4v) is 2.39. The molecule has 0 saturated carbocycles. The van der Waals surface area contributed by atoms with Crippen molar-refractivity contribution < 1.29 is 9.53 Å². The summed E-state index contributed by atoms with van der Waals surface area (Å²) in [6.07, 6.45) is 2.18. The minimum Gasteiger partial charge on any atom is -0.496 e. The Labute approximate surface area is 139 Å². The van der Waals surface area contributed by atoms with Crippen molar-refractivity contribution >= 4 is 5.91 Å². The highest BCUT2D eigenvalue weighted by Gasteiger charge is 2.08. The second-order valence-electron chi connectivity index (χ2n) is 5.12. The molecule has 1 N–H and O–H groups in total. The summed E-state index contributed by atoms with van der Waals surface area (Å²) in [7, 11) is 1.64. The van der Waals surface area contributed by atoms with Gasteiger partial charge in [0.25, 0.3) is 5.91 Å². The minimum absolute atomic E-state index is 0.139. The van der Waals surface area contributed by atoms with E-state index in [2.05, 4.69) is 20.8 Å². The fraction of sp³-hybridized carbons (Fsp3) is 0.176. The molecule has 3 rings (SSSR count). The molecule has 0 unspecified atom stereocenters. The van der Waals surface area contributed by atoms with Crippen molar-refractivity contribution in [1.82, 2.24) is 25.5 Å². The van der Waals surface area contributed by atoms with Crippen LogP contribution in [0.1, 0.15) is 15.9 Å². The predicted molar refractivity (Wildman–Crippen MR) is 88.2 cm³/mol. The predicted octanol–water partition coefficient (Wildman–Crippen LogP) is 1.64. The molecule has 0 bridgehead atoms. The Bertz CT molecular complexity index is 817. The van der Waals surface area contributed by atoms with Gasteiger partial charge >= 0.3 is 0 Å². The number of para-hydroxylation sites is 1. The molecule has 1 heterocycles. The maximum atomic E-state index is 12.3. The van der Waals surface area contributed by atoms with Crippen LogP contribution in [-0.2, 0) is 6.42 Å². The summed E-state index contributed by atoms with van der Waals surface area (Å²) >= 11 is 0. The lowest BCUT2D eigenvalue weighted by molar-refractivity contribution is 0.0954. The number of benzene rings is 2. The van der Waals surface area contributed by atoms with Gasteiger partial charge in [-0.15, -0.1) is 5.10 Å². The molecule has 0 fully saturated rings. The average Bonchev–Trinajstić information content (AvgIpc) is 3.17. The molecular weight excluding hydrogens is 306 g/mol. The van der Waals surface area contributed by atoms with E-state index in [0.29, 0.717) is 18.5 Å². The van der Waals surface area contributed by atoms with Crippen molar-refractivity contribution in [3.8, 4) is 11.4 Å². The summed E-state index contributed by atoms with van der Waals surface area (Å²) in [5.41, 5.74) is 2.35. The van der Waals surface area contributed by atoms with E-state index in [0.717, 1.165) is 17.0 Å². The van der Waals surface area contributed by atoms with Gasteiger partial charge in [-0.25, -0.2) is 4.68 Å². The molecule has 24 heavy (non-hydrogen) atoms. The number of methoxy groups -OCH3 is 1. The summed E-state index contributed by atoms with van der Waals surface area (Å²) < 4.78 is 6.82. The lowest BCUT2D eigenvalue weighted by Crippen LogP contribution is -2.25. The Morgan fingerprint density at radius 1 is 1.21 bits per heavy atom. The van der Waals surface area contributed by atoms with Crippen LogP contribution in [0.3, 0.4) is 0 Å². The zero-order chi connectivity index (χ0) is 16.8. The van der Waals surface area contributed by atoms with E-state index in [1.807, 2.05) is 30.3 Å². The quantitative estimate of drug-likeness (QED) is 0.746. The summed E-state index contributed by atoms with van der Waals surface area (Å²) in [6, 6.07) is 14.9. The SMILES string of the molecule is COc1ccccc1CCNC(=O)c1cccc(-n2cnnn2)c1. The monoisotopic (exact) mass is 323 g/mol. The van der Waals surface area contributed by atoms with Crippen molar-refractivity contribution in [2.24, 2.45) is 0 Å². The highest BCUT2D eigenvalue weighted by molar-refractivity contribution is 5.94. The van der Waals surface area contributed by atoms with E-state index in [1.165, 1.54) is 11.0 Å². The van der Waals surface area contributed by atoms with Gasteiger partial charge in [0, 0.05) is 12.1 Å². The number of ether oxygens (including phenoxy) is 1. The lowest BCUT2D eigenvalue weighted by Gasteiger charge is -2.09. The number of rotatable bonds is 6.